The predicted octanol–water partition coefficient (Wildman–Crippen LogP) is 3.03. The molecule has 22 heavy (non-hydrogen) atoms. The number of nitrogens with one attached hydrogen (secondary N) is 1. The first-order valence-electron chi connectivity index (χ1n) is 7.42. The Morgan fingerprint density at radius 2 is 2.18 bits per heavy atom. The standard InChI is InChI=1S/C15H19F2N5/c1-3-18-13(11-4-6-15(16,17)7-5-11)12-9-22-14(20-12)19-8-10(2)21-22/h3,8-9,11,13,18H,1,4-7H2,2H3. The summed E-state index contributed by atoms with van der Waals surface area (Å²) in [5.41, 5.74) is 1.56. The lowest BCUT2D eigenvalue weighted by molar-refractivity contribution is -0.0494. The van der Waals surface area contributed by atoms with Crippen molar-refractivity contribution < 1.29 is 8.78 Å². The minimum Gasteiger partial charge on any atom is -0.383 e. The highest BCUT2D eigenvalue weighted by atomic mass is 19.3. The molecule has 3 rings (SSSR count). The molecule has 0 saturated heterocycles. The van der Waals surface area contributed by atoms with E-state index >= 15 is 0 Å². The van der Waals surface area contributed by atoms with Crippen molar-refractivity contribution in [3.05, 3.63) is 36.6 Å². The molecule has 1 aliphatic rings. The highest BCUT2D eigenvalue weighted by Gasteiger charge is 2.38. The molecule has 1 N–H and O–H groups in total. The van der Waals surface area contributed by atoms with Crippen molar-refractivity contribution in [2.24, 2.45) is 5.92 Å². The number of fused-ring (bicyclic) bond motifs is 1. The average Bonchev–Trinajstić information content (AvgIpc) is 2.88. The summed E-state index contributed by atoms with van der Waals surface area (Å²) in [5.74, 6) is -1.92. The summed E-state index contributed by atoms with van der Waals surface area (Å²) in [6, 6.07) is -0.141. The maximum atomic E-state index is 13.4. The van der Waals surface area contributed by atoms with Gasteiger partial charge >= 0.3 is 0 Å². The number of nitrogens with zero attached hydrogens (tertiary/aromatic N) is 4. The van der Waals surface area contributed by atoms with E-state index in [0.717, 1.165) is 11.4 Å². The third-order valence-corrected chi connectivity index (χ3v) is 4.17. The number of halogens is 2. The van der Waals surface area contributed by atoms with Crippen LogP contribution in [0.3, 0.4) is 0 Å². The second-order valence-electron chi connectivity index (χ2n) is 5.85. The van der Waals surface area contributed by atoms with Crippen LogP contribution in [0.5, 0.6) is 0 Å². The summed E-state index contributed by atoms with van der Waals surface area (Å²) >= 11 is 0. The Morgan fingerprint density at radius 3 is 2.86 bits per heavy atom. The summed E-state index contributed by atoms with van der Waals surface area (Å²) < 4.78 is 28.3. The lowest BCUT2D eigenvalue weighted by Crippen LogP contribution is -2.32. The molecular weight excluding hydrogens is 288 g/mol. The van der Waals surface area contributed by atoms with Crippen LogP contribution in [0.15, 0.2) is 25.2 Å². The predicted molar refractivity (Wildman–Crippen MR) is 78.5 cm³/mol. The number of aromatic nitrogens is 4. The van der Waals surface area contributed by atoms with Crippen molar-refractivity contribution >= 4 is 5.78 Å². The van der Waals surface area contributed by atoms with Crippen LogP contribution >= 0.6 is 0 Å². The molecule has 1 fully saturated rings. The minimum atomic E-state index is -2.53. The minimum absolute atomic E-state index is 0.0734. The number of hydrogen-bond donors (Lipinski definition) is 1. The molecule has 1 atom stereocenters. The van der Waals surface area contributed by atoms with Gasteiger partial charge in [-0.25, -0.2) is 23.3 Å². The largest absolute Gasteiger partial charge is 0.383 e. The summed E-state index contributed by atoms with van der Waals surface area (Å²) in [4.78, 5) is 8.70. The molecule has 0 spiro atoms. The Labute approximate surface area is 127 Å². The molecule has 1 aliphatic carbocycles. The van der Waals surface area contributed by atoms with Gasteiger partial charge < -0.3 is 5.32 Å². The van der Waals surface area contributed by atoms with Crippen molar-refractivity contribution in [3.8, 4) is 0 Å². The molecule has 0 aromatic carbocycles. The Hall–Kier alpha value is -2.05. The second kappa shape index (κ2) is 5.62. The number of hydrogen-bond acceptors (Lipinski definition) is 4. The van der Waals surface area contributed by atoms with E-state index < -0.39 is 5.92 Å². The summed E-state index contributed by atoms with van der Waals surface area (Å²) in [6.07, 6.45) is 5.84. The summed E-state index contributed by atoms with van der Waals surface area (Å²) in [7, 11) is 0. The van der Waals surface area contributed by atoms with E-state index in [1.807, 2.05) is 13.1 Å². The molecule has 0 bridgehead atoms. The van der Waals surface area contributed by atoms with Crippen LogP contribution in [0.25, 0.3) is 5.78 Å². The fourth-order valence-electron chi connectivity index (χ4n) is 3.02. The van der Waals surface area contributed by atoms with E-state index in [9.17, 15) is 8.78 Å². The van der Waals surface area contributed by atoms with Crippen molar-refractivity contribution in [3.63, 3.8) is 0 Å². The van der Waals surface area contributed by atoms with Gasteiger partial charge in [-0.2, -0.15) is 5.10 Å². The van der Waals surface area contributed by atoms with E-state index in [-0.39, 0.29) is 24.8 Å². The number of rotatable bonds is 4. The Kier molecular flexibility index (Phi) is 3.80. The molecule has 1 unspecified atom stereocenters. The highest BCUT2D eigenvalue weighted by molar-refractivity contribution is 5.30. The van der Waals surface area contributed by atoms with Crippen molar-refractivity contribution in [1.82, 2.24) is 24.9 Å². The van der Waals surface area contributed by atoms with Crippen LogP contribution in [0, 0.1) is 12.8 Å². The van der Waals surface area contributed by atoms with Crippen molar-refractivity contribution in [1.29, 1.82) is 0 Å². The van der Waals surface area contributed by atoms with Gasteiger partial charge in [-0.05, 0) is 31.9 Å². The zero-order valence-electron chi connectivity index (χ0n) is 12.5. The van der Waals surface area contributed by atoms with Crippen LogP contribution in [0.4, 0.5) is 8.78 Å². The van der Waals surface area contributed by atoms with E-state index in [1.165, 1.54) is 0 Å². The third kappa shape index (κ3) is 2.93. The summed E-state index contributed by atoms with van der Waals surface area (Å²) in [6.45, 7) is 5.55. The van der Waals surface area contributed by atoms with Gasteiger partial charge in [0.2, 0.25) is 5.92 Å². The van der Waals surface area contributed by atoms with Crippen LogP contribution in [-0.2, 0) is 0 Å². The molecular formula is C15H19F2N5. The molecule has 118 valence electrons. The Bertz CT molecular complexity index is 672. The molecule has 0 radical (unpaired) electrons. The topological polar surface area (TPSA) is 55.1 Å². The van der Waals surface area contributed by atoms with Gasteiger partial charge in [0.05, 0.1) is 29.8 Å². The van der Waals surface area contributed by atoms with Gasteiger partial charge in [0, 0.05) is 12.8 Å². The first-order valence-corrected chi connectivity index (χ1v) is 7.42. The molecule has 2 aromatic heterocycles. The Morgan fingerprint density at radius 1 is 1.45 bits per heavy atom. The Balaban J connectivity index is 1.87. The zero-order chi connectivity index (χ0) is 15.7. The van der Waals surface area contributed by atoms with Gasteiger partial charge in [-0.3, -0.25) is 0 Å². The van der Waals surface area contributed by atoms with Crippen LogP contribution in [0.1, 0.15) is 43.1 Å². The van der Waals surface area contributed by atoms with Crippen molar-refractivity contribution in [2.75, 3.05) is 0 Å². The maximum absolute atomic E-state index is 13.4. The summed E-state index contributed by atoms with van der Waals surface area (Å²) in [5, 5.41) is 7.48. The van der Waals surface area contributed by atoms with E-state index in [1.54, 1.807) is 16.9 Å². The number of aryl methyl sites for hydroxylation is 1. The lowest BCUT2D eigenvalue weighted by atomic mass is 9.81. The van der Waals surface area contributed by atoms with Crippen LogP contribution < -0.4 is 5.32 Å². The zero-order valence-corrected chi connectivity index (χ0v) is 12.5. The quantitative estimate of drug-likeness (QED) is 0.943. The third-order valence-electron chi connectivity index (χ3n) is 4.17. The van der Waals surface area contributed by atoms with Gasteiger partial charge in [-0.1, -0.05) is 6.58 Å². The number of imidazole rings is 1. The first-order chi connectivity index (χ1) is 10.5. The van der Waals surface area contributed by atoms with Gasteiger partial charge in [0.15, 0.2) is 0 Å². The van der Waals surface area contributed by atoms with E-state index in [2.05, 4.69) is 27.0 Å². The second-order valence-corrected chi connectivity index (χ2v) is 5.85. The van der Waals surface area contributed by atoms with Gasteiger partial charge in [0.1, 0.15) is 0 Å². The number of alkyl halides is 2. The van der Waals surface area contributed by atoms with Crippen LogP contribution in [-0.4, -0.2) is 25.5 Å². The van der Waals surface area contributed by atoms with E-state index in [0.29, 0.717) is 18.6 Å². The monoisotopic (exact) mass is 307 g/mol. The molecule has 2 aromatic rings. The molecule has 5 nitrogen and oxygen atoms in total. The molecule has 2 heterocycles. The van der Waals surface area contributed by atoms with Gasteiger partial charge in [0.25, 0.3) is 5.78 Å². The lowest BCUT2D eigenvalue weighted by Gasteiger charge is -2.33. The van der Waals surface area contributed by atoms with Crippen molar-refractivity contribution in [2.45, 2.75) is 44.6 Å². The van der Waals surface area contributed by atoms with Crippen LogP contribution in [0.2, 0.25) is 0 Å². The van der Waals surface area contributed by atoms with Gasteiger partial charge in [-0.15, -0.1) is 0 Å². The average molecular weight is 307 g/mol. The molecule has 7 heteroatoms. The normalized spacial score (nSPS) is 20.0. The fourth-order valence-corrected chi connectivity index (χ4v) is 3.02. The maximum Gasteiger partial charge on any atom is 0.250 e. The van der Waals surface area contributed by atoms with E-state index in [4.69, 9.17) is 0 Å². The molecule has 0 aliphatic heterocycles. The highest BCUT2D eigenvalue weighted by Crippen LogP contribution is 2.41. The molecule has 0 amide bonds. The fraction of sp³-hybridized carbons (Fsp3) is 0.533. The smallest absolute Gasteiger partial charge is 0.250 e. The molecule has 1 saturated carbocycles. The first kappa shape index (κ1) is 14.9. The SMILES string of the molecule is C=CNC(c1cn2nc(C)cnc2n1)C1CCC(F)(F)CC1.